The van der Waals surface area contributed by atoms with E-state index in [2.05, 4.69) is 20.9 Å². The maximum absolute atomic E-state index is 11.6. The highest BCUT2D eigenvalue weighted by Crippen LogP contribution is 2.41. The smallest absolute Gasteiger partial charge is 0.351 e. The summed E-state index contributed by atoms with van der Waals surface area (Å²) in [5, 5.41) is 28.5. The Morgan fingerprint density at radius 1 is 1.58 bits per heavy atom. The number of nitrogens with two attached hydrogens (primary N) is 1. The molecular weight excluding hydrogens is 326 g/mol. The van der Waals surface area contributed by atoms with Gasteiger partial charge in [0.15, 0.2) is 6.23 Å². The summed E-state index contributed by atoms with van der Waals surface area (Å²) >= 11 is 2.70. The van der Waals surface area contributed by atoms with Gasteiger partial charge >= 0.3 is 11.7 Å². The molecule has 0 aliphatic carbocycles. The van der Waals surface area contributed by atoms with Gasteiger partial charge in [-0.05, 0) is 22.0 Å². The second-order valence-electron chi connectivity index (χ2n) is 3.94. The first kappa shape index (κ1) is 13.9. The molecule has 1 saturated heterocycles. The number of aliphatic hydroxyl groups excluding tert-OH is 2. The van der Waals surface area contributed by atoms with Crippen LogP contribution in [-0.2, 0) is 9.53 Å². The Kier molecular flexibility index (Phi) is 3.34. The van der Waals surface area contributed by atoms with Gasteiger partial charge in [-0.2, -0.15) is 4.98 Å². The monoisotopic (exact) mass is 335 g/mol. The minimum atomic E-state index is -2.20. The summed E-state index contributed by atoms with van der Waals surface area (Å²) in [6.07, 6.45) is -3.60. The van der Waals surface area contributed by atoms with Gasteiger partial charge in [0, 0.05) is 6.20 Å². The molecule has 0 unspecified atom stereocenters. The number of hydrogen-bond acceptors (Lipinski definition) is 7. The van der Waals surface area contributed by atoms with Crippen molar-refractivity contribution in [2.75, 3.05) is 5.73 Å². The number of ether oxygens (including phenoxy) is 1. The first-order chi connectivity index (χ1) is 8.77. The molecule has 1 aromatic rings. The van der Waals surface area contributed by atoms with Crippen LogP contribution in [0, 0.1) is 0 Å². The van der Waals surface area contributed by atoms with Gasteiger partial charge in [-0.1, -0.05) is 0 Å². The van der Waals surface area contributed by atoms with Crippen LogP contribution < -0.4 is 11.4 Å². The summed E-state index contributed by atoms with van der Waals surface area (Å²) in [6, 6.07) is 1.28. The Hall–Kier alpha value is -1.49. The van der Waals surface area contributed by atoms with Gasteiger partial charge < -0.3 is 25.8 Å². The maximum Gasteiger partial charge on any atom is 0.351 e. The molecule has 1 aliphatic rings. The van der Waals surface area contributed by atoms with Crippen LogP contribution >= 0.6 is 15.9 Å². The number of hydrogen-bond donors (Lipinski definition) is 4. The van der Waals surface area contributed by atoms with E-state index in [0.29, 0.717) is 0 Å². The van der Waals surface area contributed by atoms with E-state index in [4.69, 9.17) is 15.6 Å². The predicted molar refractivity (Wildman–Crippen MR) is 64.3 cm³/mol. The Labute approximate surface area is 114 Å². The van der Waals surface area contributed by atoms with Crippen LogP contribution in [0.25, 0.3) is 0 Å². The molecule has 1 fully saturated rings. The Morgan fingerprint density at radius 3 is 2.68 bits per heavy atom. The summed E-state index contributed by atoms with van der Waals surface area (Å²) in [5.74, 6) is -1.56. The fourth-order valence-electron chi connectivity index (χ4n) is 1.71. The van der Waals surface area contributed by atoms with Crippen LogP contribution in [0.2, 0.25) is 0 Å². The molecule has 5 N–H and O–H groups in total. The number of carboxylic acids is 1. The lowest BCUT2D eigenvalue weighted by molar-refractivity contribution is -0.159. The molecular formula is C9H10BrN3O6. The Morgan fingerprint density at radius 2 is 2.21 bits per heavy atom. The zero-order valence-corrected chi connectivity index (χ0v) is 10.9. The van der Waals surface area contributed by atoms with Gasteiger partial charge in [0.1, 0.15) is 18.0 Å². The number of alkyl halides is 1. The summed E-state index contributed by atoms with van der Waals surface area (Å²) in [7, 11) is 0. The lowest BCUT2D eigenvalue weighted by Crippen LogP contribution is -2.44. The lowest BCUT2D eigenvalue weighted by Gasteiger charge is -2.19. The Balaban J connectivity index is 2.42. The molecule has 2 heterocycles. The number of carboxylic acid groups (broad SMARTS) is 1. The van der Waals surface area contributed by atoms with Gasteiger partial charge in [0.25, 0.3) is 4.51 Å². The number of carbonyl (C=O) groups is 1. The summed E-state index contributed by atoms with van der Waals surface area (Å²) < 4.78 is 3.69. The molecule has 0 aromatic carbocycles. The van der Waals surface area contributed by atoms with Gasteiger partial charge in [-0.25, -0.2) is 9.59 Å². The standard InChI is InChI=1S/C9H10BrN3O6/c10-9(7(16)17)5(15)4(14)6(19-9)13-2-1-3(11)12-8(13)18/h1-2,4-6,14-15H,(H,16,17)(H2,11,12,18)/t4-,5+,6-,9+/m1/s1. The third kappa shape index (κ3) is 2.12. The minimum Gasteiger partial charge on any atom is -0.478 e. The molecule has 1 aromatic heterocycles. The molecule has 9 nitrogen and oxygen atoms in total. The highest BCUT2D eigenvalue weighted by Gasteiger charge is 2.58. The van der Waals surface area contributed by atoms with E-state index in [1.54, 1.807) is 0 Å². The van der Waals surface area contributed by atoms with Crippen LogP contribution in [0.4, 0.5) is 5.82 Å². The summed E-state index contributed by atoms with van der Waals surface area (Å²) in [5.41, 5.74) is 4.47. The van der Waals surface area contributed by atoms with Crippen LogP contribution in [0.3, 0.4) is 0 Å². The van der Waals surface area contributed by atoms with Crippen LogP contribution in [0.15, 0.2) is 17.1 Å². The first-order valence-electron chi connectivity index (χ1n) is 5.08. The molecule has 4 atom stereocenters. The van der Waals surface area contributed by atoms with Crippen molar-refractivity contribution in [3.8, 4) is 0 Å². The molecule has 0 bridgehead atoms. The average molecular weight is 336 g/mol. The molecule has 1 aliphatic heterocycles. The maximum atomic E-state index is 11.6. The van der Waals surface area contributed by atoms with Crippen molar-refractivity contribution in [2.45, 2.75) is 22.9 Å². The van der Waals surface area contributed by atoms with Crippen LogP contribution in [0.1, 0.15) is 6.23 Å². The number of nitrogen functional groups attached to an aromatic ring is 1. The zero-order chi connectivity index (χ0) is 14.4. The van der Waals surface area contributed by atoms with Crippen molar-refractivity contribution in [1.82, 2.24) is 9.55 Å². The van der Waals surface area contributed by atoms with Gasteiger partial charge in [0.05, 0.1) is 0 Å². The normalized spacial score (nSPS) is 34.4. The number of halogens is 1. The molecule has 0 amide bonds. The molecule has 2 rings (SSSR count). The second kappa shape index (κ2) is 4.56. The number of aromatic nitrogens is 2. The van der Waals surface area contributed by atoms with Crippen LogP contribution in [-0.4, -0.2) is 47.6 Å². The molecule has 0 spiro atoms. The van der Waals surface area contributed by atoms with E-state index in [1.807, 2.05) is 0 Å². The highest BCUT2D eigenvalue weighted by molar-refractivity contribution is 9.10. The summed E-state index contributed by atoms with van der Waals surface area (Å²) in [6.45, 7) is 0. The molecule has 19 heavy (non-hydrogen) atoms. The van der Waals surface area contributed by atoms with Crippen molar-refractivity contribution in [3.05, 3.63) is 22.7 Å². The average Bonchev–Trinajstić information content (AvgIpc) is 2.55. The quantitative estimate of drug-likeness (QED) is 0.465. The lowest BCUT2D eigenvalue weighted by atomic mass is 10.1. The molecule has 0 radical (unpaired) electrons. The number of nitrogens with zero attached hydrogens (tertiary/aromatic N) is 2. The van der Waals surface area contributed by atoms with Crippen molar-refractivity contribution in [1.29, 1.82) is 0 Å². The molecule has 10 heteroatoms. The minimum absolute atomic E-state index is 0.0300. The van der Waals surface area contributed by atoms with E-state index in [9.17, 15) is 19.8 Å². The third-order valence-corrected chi connectivity index (χ3v) is 3.70. The van der Waals surface area contributed by atoms with Gasteiger partial charge in [-0.3, -0.25) is 4.57 Å². The van der Waals surface area contributed by atoms with E-state index in [1.165, 1.54) is 12.3 Å². The van der Waals surface area contributed by atoms with Crippen molar-refractivity contribution in [2.24, 2.45) is 0 Å². The van der Waals surface area contributed by atoms with Crippen LogP contribution in [0.5, 0.6) is 0 Å². The zero-order valence-electron chi connectivity index (χ0n) is 9.30. The van der Waals surface area contributed by atoms with Crippen molar-refractivity contribution < 1.29 is 24.9 Å². The molecule has 104 valence electrons. The molecule has 0 saturated carbocycles. The summed E-state index contributed by atoms with van der Waals surface area (Å²) in [4.78, 5) is 26.0. The highest BCUT2D eigenvalue weighted by atomic mass is 79.9. The fraction of sp³-hybridized carbons (Fsp3) is 0.444. The van der Waals surface area contributed by atoms with Gasteiger partial charge in [-0.15, -0.1) is 0 Å². The number of aliphatic carboxylic acids is 1. The first-order valence-corrected chi connectivity index (χ1v) is 5.87. The van der Waals surface area contributed by atoms with E-state index in [0.717, 1.165) is 4.57 Å². The number of rotatable bonds is 2. The topological polar surface area (TPSA) is 148 Å². The van der Waals surface area contributed by atoms with E-state index in [-0.39, 0.29) is 5.82 Å². The Bertz CT molecular complexity index is 577. The largest absolute Gasteiger partial charge is 0.478 e. The van der Waals surface area contributed by atoms with E-state index < -0.39 is 34.6 Å². The fourth-order valence-corrected chi connectivity index (χ4v) is 2.17. The predicted octanol–water partition coefficient (Wildman–Crippen LogP) is -1.75. The van der Waals surface area contributed by atoms with Crippen molar-refractivity contribution >= 4 is 27.7 Å². The second-order valence-corrected chi connectivity index (χ2v) is 5.11. The SMILES string of the molecule is Nc1ccn([C@@H]2O[C@](Br)(C(=O)O)[C@@H](O)[C@H]2O)c(=O)n1. The van der Waals surface area contributed by atoms with Crippen molar-refractivity contribution in [3.63, 3.8) is 0 Å². The van der Waals surface area contributed by atoms with Gasteiger partial charge in [0.2, 0.25) is 0 Å². The number of anilines is 1. The third-order valence-electron chi connectivity index (χ3n) is 2.71. The van der Waals surface area contributed by atoms with E-state index >= 15 is 0 Å². The number of aliphatic hydroxyl groups is 2.